The van der Waals surface area contributed by atoms with Crippen molar-refractivity contribution < 1.29 is 13.6 Å². The fourth-order valence-corrected chi connectivity index (χ4v) is 2.87. The van der Waals surface area contributed by atoms with Crippen LogP contribution < -0.4 is 0 Å². The van der Waals surface area contributed by atoms with Crippen molar-refractivity contribution >= 4 is 17.8 Å². The van der Waals surface area contributed by atoms with Crippen molar-refractivity contribution in [2.24, 2.45) is 9.98 Å². The Bertz CT molecular complexity index is 1030. The van der Waals surface area contributed by atoms with Crippen molar-refractivity contribution in [3.05, 3.63) is 59.7 Å². The second kappa shape index (κ2) is 7.22. The quantitative estimate of drug-likeness (QED) is 0.696. The van der Waals surface area contributed by atoms with Gasteiger partial charge in [0.25, 0.3) is 11.8 Å². The highest BCUT2D eigenvalue weighted by atomic mass is 16.4. The standard InChI is InChI=1S/C20H19N5O3/c1-12-17(19-24-23-18(28-19)16-5-4-10-27-16)22-15(11-21-12)13-6-8-14(9-7-13)20(26)25(2)3/h4-12,17H,1-3H3. The SMILES string of the molecule is CC1N=CC(c2ccc(C(=O)N(C)C)cc2)=NC1c1nnc(-c2ccco2)o1. The first kappa shape index (κ1) is 17.8. The molecule has 0 radical (unpaired) electrons. The smallest absolute Gasteiger partial charge is 0.283 e. The predicted molar refractivity (Wildman–Crippen MR) is 104 cm³/mol. The summed E-state index contributed by atoms with van der Waals surface area (Å²) in [6.07, 6.45) is 3.28. The van der Waals surface area contributed by atoms with E-state index < -0.39 is 0 Å². The summed E-state index contributed by atoms with van der Waals surface area (Å²) in [5, 5.41) is 8.16. The Kier molecular flexibility index (Phi) is 4.60. The third-order valence-corrected chi connectivity index (χ3v) is 4.43. The summed E-state index contributed by atoms with van der Waals surface area (Å²) >= 11 is 0. The Balaban J connectivity index is 1.60. The number of hydrogen-bond donors (Lipinski definition) is 0. The van der Waals surface area contributed by atoms with Gasteiger partial charge < -0.3 is 13.7 Å². The molecule has 0 aliphatic carbocycles. The summed E-state index contributed by atoms with van der Waals surface area (Å²) < 4.78 is 11.0. The van der Waals surface area contributed by atoms with E-state index in [1.807, 2.05) is 19.1 Å². The van der Waals surface area contributed by atoms with Crippen molar-refractivity contribution in [1.29, 1.82) is 0 Å². The summed E-state index contributed by atoms with van der Waals surface area (Å²) in [6.45, 7) is 1.94. The monoisotopic (exact) mass is 377 g/mol. The van der Waals surface area contributed by atoms with Crippen LogP contribution in [0.25, 0.3) is 11.7 Å². The average molecular weight is 377 g/mol. The minimum atomic E-state index is -0.390. The first-order valence-electron chi connectivity index (χ1n) is 8.83. The van der Waals surface area contributed by atoms with Crippen LogP contribution in [0.1, 0.15) is 34.8 Å². The molecule has 4 rings (SSSR count). The van der Waals surface area contributed by atoms with E-state index in [2.05, 4.69) is 15.2 Å². The number of benzene rings is 1. The van der Waals surface area contributed by atoms with E-state index in [9.17, 15) is 4.79 Å². The fraction of sp³-hybridized carbons (Fsp3) is 0.250. The molecule has 3 aromatic rings. The second-order valence-electron chi connectivity index (χ2n) is 6.68. The van der Waals surface area contributed by atoms with Crippen LogP contribution >= 0.6 is 0 Å². The summed E-state index contributed by atoms with van der Waals surface area (Å²) in [7, 11) is 3.45. The Morgan fingerprint density at radius 3 is 2.57 bits per heavy atom. The van der Waals surface area contributed by atoms with E-state index >= 15 is 0 Å². The van der Waals surface area contributed by atoms with E-state index in [4.69, 9.17) is 13.8 Å². The average Bonchev–Trinajstić information content (AvgIpc) is 3.39. The summed E-state index contributed by atoms with van der Waals surface area (Å²) in [5.41, 5.74) is 2.18. The Morgan fingerprint density at radius 2 is 1.89 bits per heavy atom. The van der Waals surface area contributed by atoms with Crippen LogP contribution in [0.4, 0.5) is 0 Å². The van der Waals surface area contributed by atoms with Gasteiger partial charge in [0.05, 0.1) is 18.0 Å². The van der Waals surface area contributed by atoms with Crippen molar-refractivity contribution in [3.63, 3.8) is 0 Å². The zero-order chi connectivity index (χ0) is 19.7. The summed E-state index contributed by atoms with van der Waals surface area (Å²) in [4.78, 5) is 22.9. The van der Waals surface area contributed by atoms with Crippen LogP contribution in [0.15, 0.2) is 61.5 Å². The first-order valence-corrected chi connectivity index (χ1v) is 8.83. The first-order chi connectivity index (χ1) is 13.5. The predicted octanol–water partition coefficient (Wildman–Crippen LogP) is 3.03. The van der Waals surface area contributed by atoms with Gasteiger partial charge in [0.2, 0.25) is 5.89 Å². The minimum absolute atomic E-state index is 0.0476. The molecule has 3 heterocycles. The molecular weight excluding hydrogens is 358 g/mol. The lowest BCUT2D eigenvalue weighted by Gasteiger charge is -2.19. The fourth-order valence-electron chi connectivity index (χ4n) is 2.87. The molecule has 1 amide bonds. The number of hydrogen-bond acceptors (Lipinski definition) is 7. The molecule has 0 fully saturated rings. The van der Waals surface area contributed by atoms with Gasteiger partial charge in [-0.2, -0.15) is 0 Å². The second-order valence-corrected chi connectivity index (χ2v) is 6.68. The third-order valence-electron chi connectivity index (χ3n) is 4.43. The molecule has 1 aliphatic rings. The van der Waals surface area contributed by atoms with E-state index in [-0.39, 0.29) is 18.0 Å². The molecule has 0 N–H and O–H groups in total. The molecule has 8 nitrogen and oxygen atoms in total. The Hall–Kier alpha value is -3.55. The number of aromatic nitrogens is 2. The Morgan fingerprint density at radius 1 is 1.11 bits per heavy atom. The maximum absolute atomic E-state index is 12.0. The summed E-state index contributed by atoms with van der Waals surface area (Å²) in [5.74, 6) is 1.15. The maximum atomic E-state index is 12.0. The lowest BCUT2D eigenvalue weighted by molar-refractivity contribution is 0.0827. The van der Waals surface area contributed by atoms with Gasteiger partial charge >= 0.3 is 0 Å². The highest BCUT2D eigenvalue weighted by Crippen LogP contribution is 2.28. The van der Waals surface area contributed by atoms with Gasteiger partial charge in [0, 0.05) is 31.4 Å². The molecular formula is C20H19N5O3. The lowest BCUT2D eigenvalue weighted by Crippen LogP contribution is -2.22. The van der Waals surface area contributed by atoms with Crippen molar-refractivity contribution in [2.45, 2.75) is 19.0 Å². The molecule has 2 aromatic heterocycles. The molecule has 0 saturated carbocycles. The molecule has 0 bridgehead atoms. The molecule has 1 aliphatic heterocycles. The van der Waals surface area contributed by atoms with Gasteiger partial charge in [-0.3, -0.25) is 14.8 Å². The number of nitrogens with zero attached hydrogens (tertiary/aromatic N) is 5. The maximum Gasteiger partial charge on any atom is 0.283 e. The van der Waals surface area contributed by atoms with Crippen LogP contribution in [0.2, 0.25) is 0 Å². The van der Waals surface area contributed by atoms with Crippen LogP contribution in [-0.4, -0.2) is 53.1 Å². The van der Waals surface area contributed by atoms with E-state index in [0.29, 0.717) is 28.8 Å². The molecule has 2 unspecified atom stereocenters. The van der Waals surface area contributed by atoms with Crippen molar-refractivity contribution in [2.75, 3.05) is 14.1 Å². The van der Waals surface area contributed by atoms with Gasteiger partial charge in [-0.25, -0.2) is 0 Å². The molecule has 28 heavy (non-hydrogen) atoms. The summed E-state index contributed by atoms with van der Waals surface area (Å²) in [6, 6.07) is 10.3. The number of rotatable bonds is 4. The molecule has 142 valence electrons. The highest BCUT2D eigenvalue weighted by molar-refractivity contribution is 6.38. The number of amides is 1. The van der Waals surface area contributed by atoms with Gasteiger partial charge in [-0.15, -0.1) is 10.2 Å². The third kappa shape index (κ3) is 3.36. The van der Waals surface area contributed by atoms with Crippen molar-refractivity contribution in [1.82, 2.24) is 15.1 Å². The van der Waals surface area contributed by atoms with Crippen LogP contribution in [0.5, 0.6) is 0 Å². The highest BCUT2D eigenvalue weighted by Gasteiger charge is 2.28. The van der Waals surface area contributed by atoms with Crippen molar-refractivity contribution in [3.8, 4) is 11.7 Å². The van der Waals surface area contributed by atoms with E-state index in [1.165, 1.54) is 0 Å². The molecule has 2 atom stereocenters. The van der Waals surface area contributed by atoms with Gasteiger partial charge in [-0.05, 0) is 31.2 Å². The lowest BCUT2D eigenvalue weighted by atomic mass is 10.0. The van der Waals surface area contributed by atoms with Crippen LogP contribution in [-0.2, 0) is 0 Å². The van der Waals surface area contributed by atoms with Crippen LogP contribution in [0, 0.1) is 0 Å². The normalized spacial score (nSPS) is 18.8. The van der Waals surface area contributed by atoms with Gasteiger partial charge in [0.1, 0.15) is 0 Å². The largest absolute Gasteiger partial charge is 0.459 e. The molecule has 0 saturated heterocycles. The van der Waals surface area contributed by atoms with Gasteiger partial charge in [-0.1, -0.05) is 12.1 Å². The molecule has 8 heteroatoms. The van der Waals surface area contributed by atoms with E-state index in [1.54, 1.807) is 55.7 Å². The van der Waals surface area contributed by atoms with E-state index in [0.717, 1.165) is 5.56 Å². The Labute approximate surface area is 161 Å². The zero-order valence-corrected chi connectivity index (χ0v) is 15.7. The topological polar surface area (TPSA) is 97.1 Å². The zero-order valence-electron chi connectivity index (χ0n) is 15.7. The number of carbonyl (C=O) groups excluding carboxylic acids is 1. The van der Waals surface area contributed by atoms with Crippen LogP contribution in [0.3, 0.4) is 0 Å². The number of carbonyl (C=O) groups is 1. The number of furan rings is 1. The molecule has 1 aromatic carbocycles. The minimum Gasteiger partial charge on any atom is -0.459 e. The number of aliphatic imine (C=N–C) groups is 2. The molecule has 0 spiro atoms. The van der Waals surface area contributed by atoms with Gasteiger partial charge in [0.15, 0.2) is 11.8 Å².